The van der Waals surface area contributed by atoms with Crippen LogP contribution in [0.4, 0.5) is 0 Å². The number of imide groups is 1. The summed E-state index contributed by atoms with van der Waals surface area (Å²) in [5, 5.41) is 11.1. The summed E-state index contributed by atoms with van der Waals surface area (Å²) in [5.41, 5.74) is 0.440. The van der Waals surface area contributed by atoms with Gasteiger partial charge in [-0.2, -0.15) is 5.26 Å². The van der Waals surface area contributed by atoms with Crippen molar-refractivity contribution in [3.63, 3.8) is 0 Å². The third-order valence-corrected chi connectivity index (χ3v) is 2.54. The van der Waals surface area contributed by atoms with Crippen LogP contribution in [0.5, 0.6) is 0 Å². The molecule has 1 aromatic rings. The number of amides is 2. The molecule has 18 heavy (non-hydrogen) atoms. The Labute approximate surface area is 107 Å². The Hall–Kier alpha value is -2.15. The quantitative estimate of drug-likeness (QED) is 0.863. The average Bonchev–Trinajstić information content (AvgIpc) is 2.39. The molecule has 4 heteroatoms. The summed E-state index contributed by atoms with van der Waals surface area (Å²) in [6.07, 6.45) is 1.59. The first kappa shape index (κ1) is 13.9. The van der Waals surface area contributed by atoms with Gasteiger partial charge in [0.2, 0.25) is 5.91 Å². The third kappa shape index (κ3) is 4.38. The number of benzene rings is 1. The van der Waals surface area contributed by atoms with Gasteiger partial charge in [0.05, 0.1) is 12.0 Å². The molecule has 1 aromatic carbocycles. The average molecular weight is 244 g/mol. The molecule has 0 radical (unpaired) electrons. The Bertz CT molecular complexity index is 449. The summed E-state index contributed by atoms with van der Waals surface area (Å²) >= 11 is 0. The fourth-order valence-corrected chi connectivity index (χ4v) is 1.62. The maximum Gasteiger partial charge on any atom is 0.257 e. The van der Waals surface area contributed by atoms with Gasteiger partial charge in [-0.25, -0.2) is 0 Å². The second-order valence-corrected chi connectivity index (χ2v) is 4.06. The molecule has 0 unspecified atom stereocenters. The van der Waals surface area contributed by atoms with Crippen LogP contribution in [-0.2, 0) is 4.79 Å². The van der Waals surface area contributed by atoms with Gasteiger partial charge >= 0.3 is 0 Å². The maximum absolute atomic E-state index is 11.7. The highest BCUT2D eigenvalue weighted by Crippen LogP contribution is 2.09. The van der Waals surface area contributed by atoms with Gasteiger partial charge in [0.25, 0.3) is 5.91 Å². The van der Waals surface area contributed by atoms with Crippen molar-refractivity contribution in [2.24, 2.45) is 5.92 Å². The summed E-state index contributed by atoms with van der Waals surface area (Å²) < 4.78 is 0. The van der Waals surface area contributed by atoms with Crippen LogP contribution >= 0.6 is 0 Å². The summed E-state index contributed by atoms with van der Waals surface area (Å²) in [5.74, 6) is -1.14. The third-order valence-electron chi connectivity index (χ3n) is 2.54. The summed E-state index contributed by atoms with van der Waals surface area (Å²) in [7, 11) is 0. The van der Waals surface area contributed by atoms with Crippen molar-refractivity contribution >= 4 is 11.8 Å². The van der Waals surface area contributed by atoms with Gasteiger partial charge in [-0.1, -0.05) is 31.5 Å². The lowest BCUT2D eigenvalue weighted by Gasteiger charge is -2.07. The van der Waals surface area contributed by atoms with Crippen molar-refractivity contribution in [3.05, 3.63) is 35.9 Å². The standard InChI is InChI=1S/C14H16N2O2/c1-2-6-11(10-15)9-13(17)16-14(18)12-7-4-3-5-8-12/h3-5,7-8,11H,2,6,9H2,1H3,(H,16,17,18)/t11-/m1/s1. The van der Waals surface area contributed by atoms with E-state index in [2.05, 4.69) is 11.4 Å². The number of rotatable bonds is 5. The molecule has 0 saturated carbocycles. The van der Waals surface area contributed by atoms with E-state index in [0.29, 0.717) is 12.0 Å². The summed E-state index contributed by atoms with van der Waals surface area (Å²) in [6.45, 7) is 1.96. The van der Waals surface area contributed by atoms with E-state index in [-0.39, 0.29) is 12.3 Å². The van der Waals surface area contributed by atoms with Gasteiger partial charge in [0, 0.05) is 12.0 Å². The van der Waals surface area contributed by atoms with Gasteiger partial charge in [0.15, 0.2) is 0 Å². The van der Waals surface area contributed by atoms with Crippen molar-refractivity contribution in [1.82, 2.24) is 5.32 Å². The molecule has 0 fully saturated rings. The number of carbonyl (C=O) groups is 2. The summed E-state index contributed by atoms with van der Waals surface area (Å²) in [4.78, 5) is 23.3. The van der Waals surface area contributed by atoms with Crippen LogP contribution in [0.3, 0.4) is 0 Å². The number of carbonyl (C=O) groups excluding carboxylic acids is 2. The van der Waals surface area contributed by atoms with E-state index in [1.54, 1.807) is 30.3 Å². The SMILES string of the molecule is CCC[C@@H](C#N)CC(=O)NC(=O)c1ccccc1. The molecule has 1 atom stereocenters. The van der Waals surface area contributed by atoms with Crippen LogP contribution in [0.1, 0.15) is 36.5 Å². The van der Waals surface area contributed by atoms with Gasteiger partial charge in [-0.15, -0.1) is 0 Å². The number of hydrogen-bond donors (Lipinski definition) is 1. The highest BCUT2D eigenvalue weighted by atomic mass is 16.2. The first-order valence-electron chi connectivity index (χ1n) is 5.96. The fourth-order valence-electron chi connectivity index (χ4n) is 1.62. The minimum Gasteiger partial charge on any atom is -0.292 e. The Morgan fingerprint density at radius 3 is 2.56 bits per heavy atom. The van der Waals surface area contributed by atoms with Gasteiger partial charge < -0.3 is 0 Å². The lowest BCUT2D eigenvalue weighted by atomic mass is 10.0. The van der Waals surface area contributed by atoms with E-state index in [1.165, 1.54) is 0 Å². The molecule has 0 bridgehead atoms. The zero-order valence-corrected chi connectivity index (χ0v) is 10.3. The Balaban J connectivity index is 2.51. The van der Waals surface area contributed by atoms with E-state index in [1.807, 2.05) is 6.92 Å². The molecule has 1 rings (SSSR count). The monoisotopic (exact) mass is 244 g/mol. The zero-order valence-electron chi connectivity index (χ0n) is 10.3. The maximum atomic E-state index is 11.7. The number of hydrogen-bond acceptors (Lipinski definition) is 3. The van der Waals surface area contributed by atoms with Crippen LogP contribution in [0, 0.1) is 17.2 Å². The molecular formula is C14H16N2O2. The van der Waals surface area contributed by atoms with E-state index >= 15 is 0 Å². The molecule has 0 saturated heterocycles. The second-order valence-electron chi connectivity index (χ2n) is 4.06. The molecule has 0 aromatic heterocycles. The van der Waals surface area contributed by atoms with Crippen molar-refractivity contribution < 1.29 is 9.59 Å². The minimum absolute atomic E-state index is 0.0723. The van der Waals surface area contributed by atoms with Gasteiger partial charge in [-0.3, -0.25) is 14.9 Å². The van der Waals surface area contributed by atoms with Gasteiger partial charge in [-0.05, 0) is 18.6 Å². The number of nitrogens with one attached hydrogen (secondary N) is 1. The lowest BCUT2D eigenvalue weighted by Crippen LogP contribution is -2.31. The zero-order chi connectivity index (χ0) is 13.4. The normalized spacial score (nSPS) is 11.3. The van der Waals surface area contributed by atoms with Gasteiger partial charge in [0.1, 0.15) is 0 Å². The molecule has 0 spiro atoms. The number of nitrogens with zero attached hydrogens (tertiary/aromatic N) is 1. The predicted octanol–water partition coefficient (Wildman–Crippen LogP) is 2.27. The Kier molecular flexibility index (Phi) is 5.59. The van der Waals surface area contributed by atoms with Crippen molar-refractivity contribution in [3.8, 4) is 6.07 Å². The predicted molar refractivity (Wildman–Crippen MR) is 67.5 cm³/mol. The Morgan fingerprint density at radius 1 is 1.33 bits per heavy atom. The van der Waals surface area contributed by atoms with Crippen LogP contribution in [0.2, 0.25) is 0 Å². The fraction of sp³-hybridized carbons (Fsp3) is 0.357. The second kappa shape index (κ2) is 7.23. The largest absolute Gasteiger partial charge is 0.292 e. The van der Waals surface area contributed by atoms with E-state index in [9.17, 15) is 9.59 Å². The molecule has 0 aliphatic carbocycles. The van der Waals surface area contributed by atoms with Crippen LogP contribution in [-0.4, -0.2) is 11.8 Å². The van der Waals surface area contributed by atoms with E-state index < -0.39 is 11.8 Å². The highest BCUT2D eigenvalue weighted by Gasteiger charge is 2.15. The first-order chi connectivity index (χ1) is 8.67. The first-order valence-corrected chi connectivity index (χ1v) is 5.96. The summed E-state index contributed by atoms with van der Waals surface area (Å²) in [6, 6.07) is 10.6. The molecular weight excluding hydrogens is 228 g/mol. The Morgan fingerprint density at radius 2 is 2.00 bits per heavy atom. The van der Waals surface area contributed by atoms with Crippen LogP contribution < -0.4 is 5.32 Å². The minimum atomic E-state index is -0.422. The molecule has 94 valence electrons. The molecule has 0 heterocycles. The molecule has 0 aliphatic rings. The van der Waals surface area contributed by atoms with Crippen LogP contribution in [0.25, 0.3) is 0 Å². The highest BCUT2D eigenvalue weighted by molar-refractivity contribution is 6.04. The van der Waals surface area contributed by atoms with E-state index in [0.717, 1.165) is 6.42 Å². The van der Waals surface area contributed by atoms with E-state index in [4.69, 9.17) is 5.26 Å². The molecule has 0 aliphatic heterocycles. The van der Waals surface area contributed by atoms with Crippen molar-refractivity contribution in [2.75, 3.05) is 0 Å². The van der Waals surface area contributed by atoms with Crippen molar-refractivity contribution in [2.45, 2.75) is 26.2 Å². The molecule has 1 N–H and O–H groups in total. The lowest BCUT2D eigenvalue weighted by molar-refractivity contribution is -0.120. The smallest absolute Gasteiger partial charge is 0.257 e. The number of nitriles is 1. The molecule has 4 nitrogen and oxygen atoms in total. The van der Waals surface area contributed by atoms with Crippen molar-refractivity contribution in [1.29, 1.82) is 5.26 Å². The van der Waals surface area contributed by atoms with Crippen LogP contribution in [0.15, 0.2) is 30.3 Å². The topological polar surface area (TPSA) is 70.0 Å². The molecule has 2 amide bonds.